The molecule has 0 radical (unpaired) electrons. The summed E-state index contributed by atoms with van der Waals surface area (Å²) in [5.74, 6) is 1.88. The summed E-state index contributed by atoms with van der Waals surface area (Å²) in [5, 5.41) is 7.67. The van der Waals surface area contributed by atoms with Gasteiger partial charge in [0.2, 0.25) is 12.3 Å². The van der Waals surface area contributed by atoms with E-state index >= 15 is 0 Å². The number of nitrogens with zero attached hydrogens (tertiary/aromatic N) is 2. The maximum Gasteiger partial charge on any atom is 0.219 e. The lowest BCUT2D eigenvalue weighted by molar-refractivity contribution is 0.292. The molecule has 0 atom stereocenters. The fourth-order valence-electron chi connectivity index (χ4n) is 2.19. The van der Waals surface area contributed by atoms with Crippen molar-refractivity contribution in [3.63, 3.8) is 0 Å². The highest BCUT2D eigenvalue weighted by Gasteiger charge is 2.34. The Balaban J connectivity index is 1.67. The average molecular weight is 279 g/mol. The second kappa shape index (κ2) is 4.01. The number of benzene rings is 1. The predicted molar refractivity (Wildman–Crippen MR) is 63.2 cm³/mol. The molecule has 1 aliphatic carbocycles. The van der Waals surface area contributed by atoms with Crippen LogP contribution in [0.3, 0.4) is 0 Å². The van der Waals surface area contributed by atoms with Crippen molar-refractivity contribution in [2.24, 2.45) is 0 Å². The maximum absolute atomic E-state index is 5.21. The van der Waals surface area contributed by atoms with E-state index in [2.05, 4.69) is 50.4 Å². The maximum atomic E-state index is 5.21. The van der Waals surface area contributed by atoms with Gasteiger partial charge < -0.3 is 4.42 Å². The summed E-state index contributed by atoms with van der Waals surface area (Å²) >= 11 is 3.44. The van der Waals surface area contributed by atoms with Crippen molar-refractivity contribution in [3.05, 3.63) is 46.6 Å². The van der Waals surface area contributed by atoms with Crippen LogP contribution < -0.4 is 0 Å². The van der Waals surface area contributed by atoms with Gasteiger partial charge in [0.15, 0.2) is 0 Å². The quantitative estimate of drug-likeness (QED) is 0.844. The summed E-state index contributed by atoms with van der Waals surface area (Å²) in [5.41, 5.74) is 1.40. The number of hydrogen-bond donors (Lipinski definition) is 0. The molecule has 1 saturated carbocycles. The molecule has 16 heavy (non-hydrogen) atoms. The molecule has 4 heteroatoms. The van der Waals surface area contributed by atoms with Crippen molar-refractivity contribution in [3.8, 4) is 0 Å². The first-order valence-electron chi connectivity index (χ1n) is 5.34. The molecule has 1 aliphatic rings. The van der Waals surface area contributed by atoms with Crippen molar-refractivity contribution in [2.45, 2.75) is 24.7 Å². The molecule has 2 aromatic rings. The lowest BCUT2D eigenvalue weighted by Crippen LogP contribution is -2.20. The lowest BCUT2D eigenvalue weighted by Gasteiger charge is -2.33. The van der Waals surface area contributed by atoms with E-state index in [0.29, 0.717) is 11.8 Å². The average Bonchev–Trinajstić information content (AvgIpc) is 2.72. The van der Waals surface area contributed by atoms with Gasteiger partial charge in [-0.2, -0.15) is 0 Å². The van der Waals surface area contributed by atoms with Gasteiger partial charge in [0.1, 0.15) is 0 Å². The Labute approximate surface area is 102 Å². The Bertz CT molecular complexity index is 460. The fraction of sp³-hybridized carbons (Fsp3) is 0.333. The third kappa shape index (κ3) is 1.78. The molecule has 1 aromatic heterocycles. The SMILES string of the molecule is Brc1ccc(C2CC(c3nnco3)C2)cc1. The zero-order valence-electron chi connectivity index (χ0n) is 8.64. The highest BCUT2D eigenvalue weighted by Crippen LogP contribution is 2.46. The van der Waals surface area contributed by atoms with Gasteiger partial charge >= 0.3 is 0 Å². The van der Waals surface area contributed by atoms with Crippen LogP contribution in [-0.4, -0.2) is 10.2 Å². The Morgan fingerprint density at radius 1 is 1.12 bits per heavy atom. The van der Waals surface area contributed by atoms with Crippen LogP contribution >= 0.6 is 15.9 Å². The van der Waals surface area contributed by atoms with Crippen molar-refractivity contribution < 1.29 is 4.42 Å². The Morgan fingerprint density at radius 2 is 1.88 bits per heavy atom. The largest absolute Gasteiger partial charge is 0.428 e. The molecule has 3 nitrogen and oxygen atoms in total. The monoisotopic (exact) mass is 278 g/mol. The molecule has 3 rings (SSSR count). The molecule has 0 unspecified atom stereocenters. The lowest BCUT2D eigenvalue weighted by atomic mass is 9.71. The van der Waals surface area contributed by atoms with Crippen LogP contribution in [-0.2, 0) is 0 Å². The van der Waals surface area contributed by atoms with Crippen molar-refractivity contribution >= 4 is 15.9 Å². The summed E-state index contributed by atoms with van der Waals surface area (Å²) < 4.78 is 6.34. The molecule has 0 bridgehead atoms. The first-order valence-corrected chi connectivity index (χ1v) is 6.14. The van der Waals surface area contributed by atoms with E-state index in [1.807, 2.05) is 0 Å². The minimum absolute atomic E-state index is 0.455. The van der Waals surface area contributed by atoms with Gasteiger partial charge in [-0.25, -0.2) is 0 Å². The zero-order chi connectivity index (χ0) is 11.0. The summed E-state index contributed by atoms with van der Waals surface area (Å²) in [6.07, 6.45) is 3.63. The predicted octanol–water partition coefficient (Wildman–Crippen LogP) is 3.49. The van der Waals surface area contributed by atoms with Gasteiger partial charge in [-0.1, -0.05) is 28.1 Å². The van der Waals surface area contributed by atoms with Gasteiger partial charge in [0.05, 0.1) is 0 Å². The van der Waals surface area contributed by atoms with E-state index in [-0.39, 0.29) is 0 Å². The molecule has 0 amide bonds. The summed E-state index contributed by atoms with van der Waals surface area (Å²) in [6, 6.07) is 8.54. The summed E-state index contributed by atoms with van der Waals surface area (Å²) in [6.45, 7) is 0. The van der Waals surface area contributed by atoms with Gasteiger partial charge in [0, 0.05) is 10.4 Å². The van der Waals surface area contributed by atoms with Crippen LogP contribution in [0.1, 0.15) is 36.1 Å². The van der Waals surface area contributed by atoms with E-state index in [1.165, 1.54) is 12.0 Å². The van der Waals surface area contributed by atoms with Gasteiger partial charge in [-0.05, 0) is 36.5 Å². The fourth-order valence-corrected chi connectivity index (χ4v) is 2.45. The Hall–Kier alpha value is -1.16. The summed E-state index contributed by atoms with van der Waals surface area (Å²) in [7, 11) is 0. The van der Waals surface area contributed by atoms with E-state index in [1.54, 1.807) is 0 Å². The first kappa shape index (κ1) is 10.0. The third-order valence-corrected chi connectivity index (χ3v) is 3.73. The molecule has 1 fully saturated rings. The smallest absolute Gasteiger partial charge is 0.219 e. The van der Waals surface area contributed by atoms with Crippen LogP contribution in [0, 0.1) is 0 Å². The molecule has 0 N–H and O–H groups in total. The molecule has 1 heterocycles. The van der Waals surface area contributed by atoms with E-state index in [0.717, 1.165) is 23.2 Å². The zero-order valence-corrected chi connectivity index (χ0v) is 10.2. The minimum atomic E-state index is 0.455. The number of hydrogen-bond acceptors (Lipinski definition) is 3. The van der Waals surface area contributed by atoms with Gasteiger partial charge in [0.25, 0.3) is 0 Å². The third-order valence-electron chi connectivity index (χ3n) is 3.21. The molecule has 0 aliphatic heterocycles. The standard InChI is InChI=1S/C12H11BrN2O/c13-11-3-1-8(2-4-11)9-5-10(6-9)12-15-14-7-16-12/h1-4,7,9-10H,5-6H2. The van der Waals surface area contributed by atoms with Crippen molar-refractivity contribution in [1.29, 1.82) is 0 Å². The van der Waals surface area contributed by atoms with Crippen LogP contribution in [0.25, 0.3) is 0 Å². The van der Waals surface area contributed by atoms with Crippen LogP contribution in [0.2, 0.25) is 0 Å². The number of aromatic nitrogens is 2. The number of rotatable bonds is 2. The summed E-state index contributed by atoms with van der Waals surface area (Å²) in [4.78, 5) is 0. The number of halogens is 1. The highest BCUT2D eigenvalue weighted by atomic mass is 79.9. The van der Waals surface area contributed by atoms with Crippen LogP contribution in [0.15, 0.2) is 39.5 Å². The Morgan fingerprint density at radius 3 is 2.50 bits per heavy atom. The highest BCUT2D eigenvalue weighted by molar-refractivity contribution is 9.10. The van der Waals surface area contributed by atoms with E-state index in [9.17, 15) is 0 Å². The van der Waals surface area contributed by atoms with Crippen LogP contribution in [0.5, 0.6) is 0 Å². The second-order valence-corrected chi connectivity index (χ2v) is 5.11. The van der Waals surface area contributed by atoms with Gasteiger partial charge in [-0.3, -0.25) is 0 Å². The van der Waals surface area contributed by atoms with Crippen molar-refractivity contribution in [1.82, 2.24) is 10.2 Å². The molecule has 0 saturated heterocycles. The topological polar surface area (TPSA) is 38.9 Å². The van der Waals surface area contributed by atoms with Crippen molar-refractivity contribution in [2.75, 3.05) is 0 Å². The molecular weight excluding hydrogens is 268 g/mol. The van der Waals surface area contributed by atoms with E-state index < -0.39 is 0 Å². The normalized spacial score (nSPS) is 24.1. The molecule has 0 spiro atoms. The van der Waals surface area contributed by atoms with E-state index in [4.69, 9.17) is 4.42 Å². The second-order valence-electron chi connectivity index (χ2n) is 4.19. The first-order chi connectivity index (χ1) is 7.83. The molecule has 1 aromatic carbocycles. The molecular formula is C12H11BrN2O. The molecule has 82 valence electrons. The minimum Gasteiger partial charge on any atom is -0.428 e. The Kier molecular flexibility index (Phi) is 2.52. The van der Waals surface area contributed by atoms with Gasteiger partial charge in [-0.15, -0.1) is 10.2 Å². The van der Waals surface area contributed by atoms with Crippen LogP contribution in [0.4, 0.5) is 0 Å².